The number of thiophene rings is 1. The van der Waals surface area contributed by atoms with Crippen molar-refractivity contribution in [1.82, 2.24) is 5.32 Å². The van der Waals surface area contributed by atoms with Gasteiger partial charge in [-0.1, -0.05) is 37.5 Å². The molecule has 1 aliphatic carbocycles. The quantitative estimate of drug-likeness (QED) is 0.822. The van der Waals surface area contributed by atoms with Gasteiger partial charge in [-0.3, -0.25) is 4.79 Å². The summed E-state index contributed by atoms with van der Waals surface area (Å²) in [6.45, 7) is 0. The van der Waals surface area contributed by atoms with E-state index in [1.54, 1.807) is 29.6 Å². The van der Waals surface area contributed by atoms with Crippen molar-refractivity contribution in [2.75, 3.05) is 0 Å². The molecule has 24 heavy (non-hydrogen) atoms. The predicted molar refractivity (Wildman–Crippen MR) is 92.9 cm³/mol. The summed E-state index contributed by atoms with van der Waals surface area (Å²) in [5, 5.41) is 4.65. The Morgan fingerprint density at radius 3 is 2.54 bits per heavy atom. The molecule has 1 aromatic carbocycles. The fourth-order valence-electron chi connectivity index (χ4n) is 2.80. The van der Waals surface area contributed by atoms with Gasteiger partial charge < -0.3 is 9.50 Å². The van der Waals surface area contributed by atoms with E-state index >= 15 is 0 Å². The summed E-state index contributed by atoms with van der Waals surface area (Å²) in [7, 11) is -3.92. The number of rotatable bonds is 5. The number of carbonyl (C=O) groups excluding carboxylic acids is 1. The topological polar surface area (TPSA) is 72.5 Å². The molecule has 7 heteroatoms. The Balaban J connectivity index is 1.79. The SMILES string of the molecule is O=C(NC1CCCCC1)c1ccccc1OS(=O)(=O)c1cccs1. The zero-order valence-electron chi connectivity index (χ0n) is 13.1. The monoisotopic (exact) mass is 365 g/mol. The van der Waals surface area contributed by atoms with Gasteiger partial charge in [0.25, 0.3) is 5.91 Å². The molecule has 1 amide bonds. The maximum Gasteiger partial charge on any atom is 0.348 e. The maximum absolute atomic E-state index is 12.5. The first kappa shape index (κ1) is 17.0. The van der Waals surface area contributed by atoms with Gasteiger partial charge in [0, 0.05) is 6.04 Å². The summed E-state index contributed by atoms with van der Waals surface area (Å²) in [4.78, 5) is 12.5. The maximum atomic E-state index is 12.5. The van der Waals surface area contributed by atoms with Crippen LogP contribution < -0.4 is 9.50 Å². The molecule has 1 aromatic heterocycles. The van der Waals surface area contributed by atoms with Crippen molar-refractivity contribution in [2.45, 2.75) is 42.4 Å². The number of benzene rings is 1. The zero-order chi connectivity index (χ0) is 17.0. The molecule has 1 N–H and O–H groups in total. The van der Waals surface area contributed by atoms with E-state index in [4.69, 9.17) is 4.18 Å². The summed E-state index contributed by atoms with van der Waals surface area (Å²) < 4.78 is 29.9. The molecule has 5 nitrogen and oxygen atoms in total. The lowest BCUT2D eigenvalue weighted by Gasteiger charge is -2.23. The normalized spacial score (nSPS) is 15.8. The second-order valence-electron chi connectivity index (χ2n) is 5.77. The van der Waals surface area contributed by atoms with Crippen molar-refractivity contribution in [3.05, 3.63) is 47.3 Å². The molecule has 3 rings (SSSR count). The highest BCUT2D eigenvalue weighted by molar-refractivity contribution is 7.89. The van der Waals surface area contributed by atoms with Gasteiger partial charge in [0.1, 0.15) is 0 Å². The fraction of sp³-hybridized carbons (Fsp3) is 0.353. The first-order valence-corrected chi connectivity index (χ1v) is 10.2. The lowest BCUT2D eigenvalue weighted by molar-refractivity contribution is 0.0926. The summed E-state index contributed by atoms with van der Waals surface area (Å²) in [5.41, 5.74) is 0.239. The highest BCUT2D eigenvalue weighted by atomic mass is 32.3. The summed E-state index contributed by atoms with van der Waals surface area (Å²) >= 11 is 1.08. The minimum atomic E-state index is -3.92. The van der Waals surface area contributed by atoms with E-state index in [9.17, 15) is 13.2 Å². The number of para-hydroxylation sites is 1. The van der Waals surface area contributed by atoms with Crippen LogP contribution in [0.25, 0.3) is 0 Å². The van der Waals surface area contributed by atoms with Crippen molar-refractivity contribution >= 4 is 27.4 Å². The van der Waals surface area contributed by atoms with Crippen LogP contribution in [0.3, 0.4) is 0 Å². The number of hydrogen-bond donors (Lipinski definition) is 1. The Morgan fingerprint density at radius 2 is 1.83 bits per heavy atom. The molecule has 0 spiro atoms. The van der Waals surface area contributed by atoms with Crippen LogP contribution in [0.2, 0.25) is 0 Å². The molecule has 0 atom stereocenters. The van der Waals surface area contributed by atoms with E-state index < -0.39 is 10.1 Å². The Kier molecular flexibility index (Phi) is 5.20. The smallest absolute Gasteiger partial charge is 0.348 e. The van der Waals surface area contributed by atoms with Crippen molar-refractivity contribution in [1.29, 1.82) is 0 Å². The number of amides is 1. The standard InChI is InChI=1S/C17H19NO4S2/c19-17(18-13-7-2-1-3-8-13)14-9-4-5-10-15(14)22-24(20,21)16-11-6-12-23-16/h4-6,9-13H,1-3,7-8H2,(H,18,19). The predicted octanol–water partition coefficient (Wildman–Crippen LogP) is 3.58. The van der Waals surface area contributed by atoms with Crippen molar-refractivity contribution in [3.63, 3.8) is 0 Å². The van der Waals surface area contributed by atoms with Crippen LogP contribution in [0.4, 0.5) is 0 Å². The van der Waals surface area contributed by atoms with E-state index in [1.165, 1.54) is 18.6 Å². The first-order chi connectivity index (χ1) is 11.6. The average Bonchev–Trinajstić information content (AvgIpc) is 3.11. The highest BCUT2D eigenvalue weighted by Gasteiger charge is 2.23. The third-order valence-electron chi connectivity index (χ3n) is 4.01. The van der Waals surface area contributed by atoms with Crippen molar-refractivity contribution < 1.29 is 17.4 Å². The third kappa shape index (κ3) is 3.96. The third-order valence-corrected chi connectivity index (χ3v) is 6.60. The largest absolute Gasteiger partial charge is 0.378 e. The van der Waals surface area contributed by atoms with Gasteiger partial charge in [-0.2, -0.15) is 8.42 Å². The molecule has 0 saturated heterocycles. The van der Waals surface area contributed by atoms with Gasteiger partial charge in [0.15, 0.2) is 9.96 Å². The van der Waals surface area contributed by atoms with Crippen LogP contribution in [0.5, 0.6) is 5.75 Å². The number of carbonyl (C=O) groups is 1. The lowest BCUT2D eigenvalue weighted by Crippen LogP contribution is -2.36. The van der Waals surface area contributed by atoms with Crippen LogP contribution in [-0.4, -0.2) is 20.4 Å². The van der Waals surface area contributed by atoms with Crippen LogP contribution >= 0.6 is 11.3 Å². The van der Waals surface area contributed by atoms with Crippen molar-refractivity contribution in [2.24, 2.45) is 0 Å². The van der Waals surface area contributed by atoms with Gasteiger partial charge in [-0.05, 0) is 36.4 Å². The van der Waals surface area contributed by atoms with Crippen LogP contribution in [0, 0.1) is 0 Å². The van der Waals surface area contributed by atoms with Crippen LogP contribution in [0.1, 0.15) is 42.5 Å². The van der Waals surface area contributed by atoms with Gasteiger partial charge >= 0.3 is 10.1 Å². The average molecular weight is 365 g/mol. The van der Waals surface area contributed by atoms with Gasteiger partial charge in [0.05, 0.1) is 5.56 Å². The second-order valence-corrected chi connectivity index (χ2v) is 8.49. The molecule has 2 aromatic rings. The fourth-order valence-corrected chi connectivity index (χ4v) is 4.70. The minimum Gasteiger partial charge on any atom is -0.378 e. The van der Waals surface area contributed by atoms with E-state index in [1.807, 2.05) is 0 Å². The molecule has 128 valence electrons. The number of hydrogen-bond acceptors (Lipinski definition) is 5. The second kappa shape index (κ2) is 7.36. The van der Waals surface area contributed by atoms with E-state index in [2.05, 4.69) is 5.32 Å². The zero-order valence-corrected chi connectivity index (χ0v) is 14.7. The first-order valence-electron chi connectivity index (χ1n) is 7.94. The molecule has 0 radical (unpaired) electrons. The van der Waals surface area contributed by atoms with E-state index in [0.29, 0.717) is 0 Å². The molecule has 0 unspecified atom stereocenters. The van der Waals surface area contributed by atoms with E-state index in [-0.39, 0.29) is 27.5 Å². The molecule has 1 heterocycles. The van der Waals surface area contributed by atoms with Crippen LogP contribution in [0.15, 0.2) is 46.0 Å². The number of nitrogens with one attached hydrogen (secondary N) is 1. The molecule has 0 bridgehead atoms. The van der Waals surface area contributed by atoms with Gasteiger partial charge in [0.2, 0.25) is 0 Å². The Bertz CT molecular complexity index is 794. The Morgan fingerprint density at radius 1 is 1.08 bits per heavy atom. The molecule has 0 aliphatic heterocycles. The Labute approximate surface area is 145 Å². The summed E-state index contributed by atoms with van der Waals surface area (Å²) in [6.07, 6.45) is 5.33. The minimum absolute atomic E-state index is 0.0548. The van der Waals surface area contributed by atoms with Crippen molar-refractivity contribution in [3.8, 4) is 5.75 Å². The highest BCUT2D eigenvalue weighted by Crippen LogP contribution is 2.26. The lowest BCUT2D eigenvalue weighted by atomic mass is 9.95. The molecule has 1 aliphatic rings. The molecular formula is C17H19NO4S2. The van der Waals surface area contributed by atoms with Gasteiger partial charge in [-0.15, -0.1) is 11.3 Å². The molecule has 1 saturated carbocycles. The van der Waals surface area contributed by atoms with Crippen LogP contribution in [-0.2, 0) is 10.1 Å². The van der Waals surface area contributed by atoms with Gasteiger partial charge in [-0.25, -0.2) is 0 Å². The van der Waals surface area contributed by atoms with E-state index in [0.717, 1.165) is 37.0 Å². The molecule has 1 fully saturated rings. The summed E-state index contributed by atoms with van der Waals surface area (Å²) in [5.74, 6) is -0.238. The summed E-state index contributed by atoms with van der Waals surface area (Å²) in [6, 6.07) is 9.69. The Hall–Kier alpha value is -1.86. The molecular weight excluding hydrogens is 346 g/mol.